The van der Waals surface area contributed by atoms with Gasteiger partial charge in [-0.15, -0.1) is 12.4 Å². The highest BCUT2D eigenvalue weighted by molar-refractivity contribution is 5.85. The van der Waals surface area contributed by atoms with E-state index in [2.05, 4.69) is 15.5 Å². The van der Waals surface area contributed by atoms with E-state index >= 15 is 0 Å². The van der Waals surface area contributed by atoms with Gasteiger partial charge >= 0.3 is 0 Å². The first-order valence-corrected chi connectivity index (χ1v) is 8.63. The second-order valence-electron chi connectivity index (χ2n) is 6.07. The summed E-state index contributed by atoms with van der Waals surface area (Å²) < 4.78 is 5.82. The molecule has 1 saturated heterocycles. The van der Waals surface area contributed by atoms with E-state index in [9.17, 15) is 4.79 Å². The molecule has 2 N–H and O–H groups in total. The molecule has 0 radical (unpaired) electrons. The summed E-state index contributed by atoms with van der Waals surface area (Å²) in [6, 6.07) is 7.82. The van der Waals surface area contributed by atoms with Crippen LogP contribution in [-0.4, -0.2) is 56.2 Å². The first-order valence-electron chi connectivity index (χ1n) is 8.63. The number of hydrogen-bond donors (Lipinski definition) is 2. The van der Waals surface area contributed by atoms with Gasteiger partial charge < -0.3 is 20.3 Å². The molecule has 1 aromatic rings. The van der Waals surface area contributed by atoms with Crippen LogP contribution in [0.15, 0.2) is 24.3 Å². The monoisotopic (exact) mass is 355 g/mol. The van der Waals surface area contributed by atoms with Crippen molar-refractivity contribution in [1.29, 1.82) is 0 Å². The number of aryl methyl sites for hydroxylation is 1. The highest BCUT2D eigenvalue weighted by Crippen LogP contribution is 2.15. The Labute approximate surface area is 151 Å². The summed E-state index contributed by atoms with van der Waals surface area (Å²) in [5, 5.41) is 6.35. The maximum Gasteiger partial charge on any atom is 0.261 e. The van der Waals surface area contributed by atoms with Crippen LogP contribution < -0.4 is 15.4 Å². The first kappa shape index (κ1) is 20.7. The normalized spacial score (nSPS) is 16.1. The molecule has 24 heavy (non-hydrogen) atoms. The van der Waals surface area contributed by atoms with E-state index in [1.54, 1.807) is 0 Å². The molecule has 2 rings (SSSR count). The summed E-state index contributed by atoms with van der Waals surface area (Å²) in [5.74, 6) is 0.738. The third-order valence-electron chi connectivity index (χ3n) is 4.09. The van der Waals surface area contributed by atoms with Gasteiger partial charge in [0.25, 0.3) is 5.91 Å². The molecule has 1 amide bonds. The third-order valence-corrected chi connectivity index (χ3v) is 4.09. The number of nitrogens with zero attached hydrogens (tertiary/aromatic N) is 1. The van der Waals surface area contributed by atoms with E-state index in [-0.39, 0.29) is 18.3 Å². The molecule has 1 unspecified atom stereocenters. The molecule has 1 aliphatic heterocycles. The standard InChI is InChI=1S/C18H29N3O2.ClH/c1-3-17(23-16-7-4-6-15(2)14-16)18(22)20-8-5-11-21-12-9-19-10-13-21;/h4,6-7,14,17,19H,3,5,8-13H2,1-2H3,(H,20,22);1H. The van der Waals surface area contributed by atoms with Gasteiger partial charge in [-0.05, 0) is 44.0 Å². The lowest BCUT2D eigenvalue weighted by Gasteiger charge is -2.27. The minimum atomic E-state index is -0.420. The molecule has 1 fully saturated rings. The second-order valence-corrected chi connectivity index (χ2v) is 6.07. The van der Waals surface area contributed by atoms with E-state index in [1.165, 1.54) is 0 Å². The van der Waals surface area contributed by atoms with Crippen LogP contribution in [0.4, 0.5) is 0 Å². The molecule has 1 aliphatic rings. The van der Waals surface area contributed by atoms with Crippen molar-refractivity contribution in [2.24, 2.45) is 0 Å². The maximum absolute atomic E-state index is 12.3. The van der Waals surface area contributed by atoms with Gasteiger partial charge in [0.05, 0.1) is 0 Å². The fourth-order valence-electron chi connectivity index (χ4n) is 2.74. The molecule has 0 saturated carbocycles. The van der Waals surface area contributed by atoms with Crippen LogP contribution in [0.1, 0.15) is 25.3 Å². The predicted octanol–water partition coefficient (Wildman–Crippen LogP) is 1.99. The van der Waals surface area contributed by atoms with Crippen LogP contribution >= 0.6 is 12.4 Å². The van der Waals surface area contributed by atoms with Gasteiger partial charge in [-0.1, -0.05) is 19.1 Å². The van der Waals surface area contributed by atoms with E-state index in [1.807, 2.05) is 38.1 Å². The molecular formula is C18H30ClN3O2. The number of carbonyl (C=O) groups is 1. The van der Waals surface area contributed by atoms with Gasteiger partial charge in [0.15, 0.2) is 6.10 Å². The van der Waals surface area contributed by atoms with Crippen molar-refractivity contribution in [2.45, 2.75) is 32.8 Å². The lowest BCUT2D eigenvalue weighted by Crippen LogP contribution is -2.44. The van der Waals surface area contributed by atoms with Gasteiger partial charge in [0.2, 0.25) is 0 Å². The van der Waals surface area contributed by atoms with E-state index in [0.717, 1.165) is 50.5 Å². The number of halogens is 1. The number of hydrogen-bond acceptors (Lipinski definition) is 4. The van der Waals surface area contributed by atoms with Crippen LogP contribution in [0.3, 0.4) is 0 Å². The van der Waals surface area contributed by atoms with Crippen molar-refractivity contribution in [2.75, 3.05) is 39.3 Å². The molecule has 5 nitrogen and oxygen atoms in total. The van der Waals surface area contributed by atoms with Crippen molar-refractivity contribution in [1.82, 2.24) is 15.5 Å². The highest BCUT2D eigenvalue weighted by atomic mass is 35.5. The van der Waals surface area contributed by atoms with E-state index < -0.39 is 6.10 Å². The molecule has 1 atom stereocenters. The fourth-order valence-corrected chi connectivity index (χ4v) is 2.74. The number of ether oxygens (including phenoxy) is 1. The number of carbonyl (C=O) groups excluding carboxylic acids is 1. The average Bonchev–Trinajstić information content (AvgIpc) is 2.57. The fraction of sp³-hybridized carbons (Fsp3) is 0.611. The summed E-state index contributed by atoms with van der Waals surface area (Å²) in [6.45, 7) is 10.1. The summed E-state index contributed by atoms with van der Waals surface area (Å²) in [4.78, 5) is 14.7. The Kier molecular flexibility index (Phi) is 9.76. The van der Waals surface area contributed by atoms with Crippen LogP contribution in [0.5, 0.6) is 5.75 Å². The molecule has 0 aliphatic carbocycles. The van der Waals surface area contributed by atoms with Crippen LogP contribution in [0.25, 0.3) is 0 Å². The Bertz CT molecular complexity index is 493. The minimum absolute atomic E-state index is 0. The van der Waals surface area contributed by atoms with Crippen molar-refractivity contribution >= 4 is 18.3 Å². The first-order chi connectivity index (χ1) is 11.2. The maximum atomic E-state index is 12.3. The smallest absolute Gasteiger partial charge is 0.261 e. The van der Waals surface area contributed by atoms with Crippen molar-refractivity contribution < 1.29 is 9.53 Å². The largest absolute Gasteiger partial charge is 0.481 e. The lowest BCUT2D eigenvalue weighted by molar-refractivity contribution is -0.128. The number of nitrogens with one attached hydrogen (secondary N) is 2. The van der Waals surface area contributed by atoms with Crippen LogP contribution in [0, 0.1) is 6.92 Å². The van der Waals surface area contributed by atoms with Crippen molar-refractivity contribution in [3.8, 4) is 5.75 Å². The molecule has 136 valence electrons. The molecular weight excluding hydrogens is 326 g/mol. The molecule has 1 heterocycles. The van der Waals surface area contributed by atoms with Gasteiger partial charge in [-0.3, -0.25) is 4.79 Å². The zero-order valence-electron chi connectivity index (χ0n) is 14.7. The Morgan fingerprint density at radius 2 is 2.12 bits per heavy atom. The van der Waals surface area contributed by atoms with Gasteiger partial charge in [0.1, 0.15) is 5.75 Å². The Morgan fingerprint density at radius 3 is 2.79 bits per heavy atom. The Balaban J connectivity index is 0.00000288. The van der Waals surface area contributed by atoms with Crippen LogP contribution in [-0.2, 0) is 4.79 Å². The zero-order valence-corrected chi connectivity index (χ0v) is 15.5. The molecule has 6 heteroatoms. The number of benzene rings is 1. The second kappa shape index (κ2) is 11.3. The minimum Gasteiger partial charge on any atom is -0.481 e. The predicted molar refractivity (Wildman–Crippen MR) is 100 cm³/mol. The SMILES string of the molecule is CCC(Oc1cccc(C)c1)C(=O)NCCCN1CCNCC1.Cl. The van der Waals surface area contributed by atoms with Crippen molar-refractivity contribution in [3.05, 3.63) is 29.8 Å². The van der Waals surface area contributed by atoms with E-state index in [4.69, 9.17) is 4.74 Å². The summed E-state index contributed by atoms with van der Waals surface area (Å²) in [7, 11) is 0. The van der Waals surface area contributed by atoms with Crippen molar-refractivity contribution in [3.63, 3.8) is 0 Å². The molecule has 0 bridgehead atoms. The molecule has 1 aromatic carbocycles. The van der Waals surface area contributed by atoms with Crippen LogP contribution in [0.2, 0.25) is 0 Å². The average molecular weight is 356 g/mol. The summed E-state index contributed by atoms with van der Waals surface area (Å²) in [5.41, 5.74) is 1.13. The third kappa shape index (κ3) is 7.07. The quantitative estimate of drug-likeness (QED) is 0.700. The number of piperazine rings is 1. The van der Waals surface area contributed by atoms with Gasteiger partial charge in [-0.2, -0.15) is 0 Å². The van der Waals surface area contributed by atoms with Gasteiger partial charge in [-0.25, -0.2) is 0 Å². The Morgan fingerprint density at radius 1 is 1.38 bits per heavy atom. The number of amides is 1. The topological polar surface area (TPSA) is 53.6 Å². The number of rotatable bonds is 8. The zero-order chi connectivity index (χ0) is 16.5. The molecule has 0 aromatic heterocycles. The summed E-state index contributed by atoms with van der Waals surface area (Å²) in [6.07, 6.45) is 1.22. The van der Waals surface area contributed by atoms with Gasteiger partial charge in [0, 0.05) is 32.7 Å². The Hall–Kier alpha value is -1.30. The highest BCUT2D eigenvalue weighted by Gasteiger charge is 2.18. The lowest BCUT2D eigenvalue weighted by atomic mass is 10.2. The van der Waals surface area contributed by atoms with E-state index in [0.29, 0.717) is 13.0 Å². The molecule has 0 spiro atoms. The summed E-state index contributed by atoms with van der Waals surface area (Å²) >= 11 is 0.